The summed E-state index contributed by atoms with van der Waals surface area (Å²) in [6, 6.07) is -2.80. The van der Waals surface area contributed by atoms with Gasteiger partial charge in [0.1, 0.15) is 31.0 Å². The van der Waals surface area contributed by atoms with Crippen LogP contribution in [-0.4, -0.2) is 80.2 Å². The van der Waals surface area contributed by atoms with E-state index in [2.05, 4.69) is 17.5 Å². The van der Waals surface area contributed by atoms with Crippen molar-refractivity contribution in [3.63, 3.8) is 0 Å². The average molecular weight is 664 g/mol. The average Bonchev–Trinajstić information content (AvgIpc) is 3.02. The molecule has 0 aromatic carbocycles. The highest BCUT2D eigenvalue weighted by Gasteiger charge is 2.47. The van der Waals surface area contributed by atoms with E-state index >= 15 is 0 Å². The first-order valence-corrected chi connectivity index (χ1v) is 16.3. The Kier molecular flexibility index (Phi) is 17.9. The van der Waals surface area contributed by atoms with Gasteiger partial charge < -0.3 is 25.0 Å². The van der Waals surface area contributed by atoms with Gasteiger partial charge in [-0.1, -0.05) is 84.0 Å². The van der Waals surface area contributed by atoms with Crippen LogP contribution in [-0.2, 0) is 14.3 Å². The molecule has 0 unspecified atom stereocenters. The second-order valence-electron chi connectivity index (χ2n) is 11.2. The highest BCUT2D eigenvalue weighted by Crippen LogP contribution is 2.28. The minimum Gasteiger partial charge on any atom is -0.463 e. The lowest BCUT2D eigenvalue weighted by atomic mass is 9.96. The zero-order chi connectivity index (χ0) is 33.2. The van der Waals surface area contributed by atoms with Gasteiger partial charge in [0.15, 0.2) is 6.23 Å². The van der Waals surface area contributed by atoms with Gasteiger partial charge in [-0.15, -0.1) is 16.5 Å². The first kappa shape index (κ1) is 38.3. The summed E-state index contributed by atoms with van der Waals surface area (Å²) in [4.78, 5) is 61.8. The Bertz CT molecular complexity index is 1170. The molecule has 256 valence electrons. The fourth-order valence-corrected chi connectivity index (χ4v) is 5.30. The number of esters is 1. The fourth-order valence-electron chi connectivity index (χ4n) is 5.14. The summed E-state index contributed by atoms with van der Waals surface area (Å²) >= 11 is 5.56. The Morgan fingerprint density at radius 3 is 2.18 bits per heavy atom. The van der Waals surface area contributed by atoms with E-state index in [0.717, 1.165) is 19.3 Å². The standard InChI is InChI=1S/C29H47ClFN5O9/c1-2-3-4-5-6-7-8-9-10-11-12-13-14-15-22(37)44-19-21-24(38)25(39)23(32-29(42)36(34-43)17-16-30)27(45-21)35-18-20(31)26(40)33-28(35)41/h18,21,23-25,27,38-39H,2-17,19H2,1H3,(H,32,42)(H,33,40,41)/t21-,23-,24-,25+,27-/m1/s1. The van der Waals surface area contributed by atoms with Gasteiger partial charge in [-0.3, -0.25) is 19.1 Å². The largest absolute Gasteiger partial charge is 0.463 e. The second kappa shape index (κ2) is 21.0. The zero-order valence-corrected chi connectivity index (χ0v) is 26.6. The van der Waals surface area contributed by atoms with Crippen LogP contribution in [0.3, 0.4) is 0 Å². The van der Waals surface area contributed by atoms with E-state index in [0.29, 0.717) is 22.2 Å². The van der Waals surface area contributed by atoms with Crippen molar-refractivity contribution in [2.45, 2.75) is 127 Å². The summed E-state index contributed by atoms with van der Waals surface area (Å²) in [5.74, 6) is -2.09. The van der Waals surface area contributed by atoms with Crippen molar-refractivity contribution in [1.82, 2.24) is 19.9 Å². The summed E-state index contributed by atoms with van der Waals surface area (Å²) in [5, 5.41) is 26.7. The molecule has 14 nitrogen and oxygen atoms in total. The Morgan fingerprint density at radius 2 is 1.62 bits per heavy atom. The van der Waals surface area contributed by atoms with Gasteiger partial charge in [0.25, 0.3) is 5.56 Å². The number of hydrogen-bond acceptors (Lipinski definition) is 10. The number of urea groups is 1. The van der Waals surface area contributed by atoms with Crippen LogP contribution in [0.1, 0.15) is 103 Å². The molecule has 1 aromatic heterocycles. The van der Waals surface area contributed by atoms with E-state index in [9.17, 15) is 38.7 Å². The van der Waals surface area contributed by atoms with Gasteiger partial charge in [0, 0.05) is 12.3 Å². The van der Waals surface area contributed by atoms with Gasteiger partial charge in [-0.2, -0.15) is 9.40 Å². The minimum absolute atomic E-state index is 0.130. The van der Waals surface area contributed by atoms with E-state index in [1.165, 1.54) is 57.8 Å². The number of alkyl halides is 1. The Balaban J connectivity index is 1.88. The molecule has 0 radical (unpaired) electrons. The van der Waals surface area contributed by atoms with Crippen LogP contribution in [0.5, 0.6) is 0 Å². The molecule has 2 amide bonds. The number of hydrogen-bond donors (Lipinski definition) is 4. The van der Waals surface area contributed by atoms with Gasteiger partial charge >= 0.3 is 17.7 Å². The summed E-state index contributed by atoms with van der Waals surface area (Å²) in [6.45, 7) is 1.38. The van der Waals surface area contributed by atoms with Crippen LogP contribution in [0.2, 0.25) is 0 Å². The molecule has 2 rings (SSSR count). The lowest BCUT2D eigenvalue weighted by Crippen LogP contribution is -2.64. The molecule has 4 N–H and O–H groups in total. The van der Waals surface area contributed by atoms with E-state index in [-0.39, 0.29) is 18.8 Å². The maximum absolute atomic E-state index is 14.1. The molecule has 1 aliphatic rings. The van der Waals surface area contributed by atoms with Crippen LogP contribution in [0, 0.1) is 10.7 Å². The summed E-state index contributed by atoms with van der Waals surface area (Å²) in [6.07, 6.45) is 8.92. The monoisotopic (exact) mass is 663 g/mol. The molecule has 2 heterocycles. The van der Waals surface area contributed by atoms with Gasteiger partial charge in [-0.05, 0) is 6.42 Å². The number of ether oxygens (including phenoxy) is 2. The zero-order valence-electron chi connectivity index (χ0n) is 25.8. The van der Waals surface area contributed by atoms with Crippen LogP contribution in [0.15, 0.2) is 21.1 Å². The number of aromatic nitrogens is 2. The Labute approximate surface area is 266 Å². The smallest absolute Gasteiger partial charge is 0.340 e. The first-order valence-electron chi connectivity index (χ1n) is 15.8. The number of nitrogens with one attached hydrogen (secondary N) is 2. The number of nitroso groups, excluding NO2 is 1. The normalized spacial score (nSPS) is 21.3. The maximum atomic E-state index is 14.1. The molecule has 45 heavy (non-hydrogen) atoms. The number of aromatic amines is 1. The van der Waals surface area contributed by atoms with Crippen LogP contribution in [0.4, 0.5) is 9.18 Å². The molecule has 0 aliphatic carbocycles. The predicted octanol–water partition coefficient (Wildman–Crippen LogP) is 3.62. The van der Waals surface area contributed by atoms with Crippen molar-refractivity contribution < 1.29 is 33.7 Å². The van der Waals surface area contributed by atoms with Crippen LogP contribution >= 0.6 is 11.6 Å². The number of H-pyrrole nitrogens is 1. The second-order valence-corrected chi connectivity index (χ2v) is 11.6. The molecule has 1 aliphatic heterocycles. The number of aliphatic hydroxyl groups is 2. The SMILES string of the molecule is CCCCCCCCCCCCCCCC(=O)OC[C@H]1O[C@@H](n2cc(F)c(=O)[nH]c2=O)[C@H](NC(=O)N(CCCl)N=O)[C@H](O)[C@@H]1O. The maximum Gasteiger partial charge on any atom is 0.340 e. The highest BCUT2D eigenvalue weighted by atomic mass is 35.5. The number of aliphatic hydroxyl groups excluding tert-OH is 2. The van der Waals surface area contributed by atoms with Gasteiger partial charge in [-0.25, -0.2) is 9.59 Å². The third kappa shape index (κ3) is 12.8. The highest BCUT2D eigenvalue weighted by molar-refractivity contribution is 6.18. The molecule has 16 heteroatoms. The van der Waals surface area contributed by atoms with Crippen molar-refractivity contribution in [3.05, 3.63) is 37.8 Å². The van der Waals surface area contributed by atoms with E-state index in [4.69, 9.17) is 21.1 Å². The molecule has 1 saturated heterocycles. The lowest BCUT2D eigenvalue weighted by molar-refractivity contribution is -0.220. The molecule has 0 spiro atoms. The number of amides is 2. The quantitative estimate of drug-likeness (QED) is 0.0500. The summed E-state index contributed by atoms with van der Waals surface area (Å²) in [7, 11) is 0. The van der Waals surface area contributed by atoms with E-state index < -0.39 is 66.3 Å². The molecule has 1 aromatic rings. The van der Waals surface area contributed by atoms with Crippen LogP contribution < -0.4 is 16.6 Å². The molecule has 1 fully saturated rings. The van der Waals surface area contributed by atoms with Crippen molar-refractivity contribution in [3.8, 4) is 0 Å². The molecule has 0 bridgehead atoms. The fraction of sp³-hybridized carbons (Fsp3) is 0.793. The molecule has 0 saturated carbocycles. The van der Waals surface area contributed by atoms with E-state index in [1.54, 1.807) is 4.98 Å². The predicted molar refractivity (Wildman–Crippen MR) is 164 cm³/mol. The third-order valence-electron chi connectivity index (χ3n) is 7.73. The lowest BCUT2D eigenvalue weighted by Gasteiger charge is -2.43. The number of nitrogens with zero attached hydrogens (tertiary/aromatic N) is 3. The molecule has 5 atom stereocenters. The minimum atomic E-state index is -1.86. The van der Waals surface area contributed by atoms with Gasteiger partial charge in [0.2, 0.25) is 5.82 Å². The van der Waals surface area contributed by atoms with Crippen molar-refractivity contribution in [2.75, 3.05) is 19.0 Å². The Morgan fingerprint density at radius 1 is 1.04 bits per heavy atom. The van der Waals surface area contributed by atoms with Crippen molar-refractivity contribution in [1.29, 1.82) is 0 Å². The summed E-state index contributed by atoms with van der Waals surface area (Å²) in [5.41, 5.74) is -2.47. The summed E-state index contributed by atoms with van der Waals surface area (Å²) < 4.78 is 25.6. The third-order valence-corrected chi connectivity index (χ3v) is 7.90. The number of carbonyl (C=O) groups excluding carboxylic acids is 2. The van der Waals surface area contributed by atoms with Crippen molar-refractivity contribution in [2.24, 2.45) is 5.29 Å². The first-order chi connectivity index (χ1) is 21.6. The topological polar surface area (TPSA) is 193 Å². The number of rotatable bonds is 21. The number of halogens is 2. The Hall–Kier alpha value is -2.88. The number of unbranched alkanes of at least 4 members (excludes halogenated alkanes) is 12. The molecular weight excluding hydrogens is 617 g/mol. The number of carbonyl (C=O) groups is 2. The van der Waals surface area contributed by atoms with Crippen LogP contribution in [0.25, 0.3) is 0 Å². The van der Waals surface area contributed by atoms with Gasteiger partial charge in [0.05, 0.1) is 18.0 Å². The van der Waals surface area contributed by atoms with Crippen molar-refractivity contribution >= 4 is 23.6 Å². The molecular formula is C29H47ClFN5O9. The van der Waals surface area contributed by atoms with E-state index in [1.807, 2.05) is 0 Å².